The molecule has 0 aromatic heterocycles. The molecule has 0 N–H and O–H groups in total. The molecule has 0 bridgehead atoms. The summed E-state index contributed by atoms with van der Waals surface area (Å²) in [5, 5.41) is 0. The van der Waals surface area contributed by atoms with Crippen molar-refractivity contribution in [3.05, 3.63) is 0 Å². The second kappa shape index (κ2) is 6.65. The summed E-state index contributed by atoms with van der Waals surface area (Å²) in [7, 11) is -2.66. The SMILES string of the molecule is CCO[PH](=O)C(=O)OCCCl. The van der Waals surface area contributed by atoms with Crippen molar-refractivity contribution < 1.29 is 18.6 Å². The summed E-state index contributed by atoms with van der Waals surface area (Å²) in [5.74, 6) is 0.201. The van der Waals surface area contributed by atoms with Crippen molar-refractivity contribution in [2.24, 2.45) is 0 Å². The molecule has 0 spiro atoms. The van der Waals surface area contributed by atoms with Crippen LogP contribution in [0.25, 0.3) is 0 Å². The molecule has 0 amide bonds. The Labute approximate surface area is 70.7 Å². The van der Waals surface area contributed by atoms with Gasteiger partial charge in [-0.1, -0.05) is 0 Å². The maximum Gasteiger partial charge on any atom is 0.388 e. The van der Waals surface area contributed by atoms with E-state index in [1.54, 1.807) is 6.92 Å². The lowest BCUT2D eigenvalue weighted by molar-refractivity contribution is 0.174. The summed E-state index contributed by atoms with van der Waals surface area (Å²) in [5.41, 5.74) is -0.808. The van der Waals surface area contributed by atoms with Gasteiger partial charge in [-0.05, 0) is 6.92 Å². The molecule has 0 aliphatic carbocycles. The van der Waals surface area contributed by atoms with Crippen LogP contribution in [0.2, 0.25) is 0 Å². The van der Waals surface area contributed by atoms with E-state index in [9.17, 15) is 9.36 Å². The van der Waals surface area contributed by atoms with Crippen LogP contribution in [0, 0.1) is 0 Å². The molecule has 0 saturated carbocycles. The van der Waals surface area contributed by atoms with Crippen LogP contribution in [0.15, 0.2) is 0 Å². The van der Waals surface area contributed by atoms with Gasteiger partial charge in [0.05, 0.1) is 12.5 Å². The molecular formula is C5H10ClO4P. The van der Waals surface area contributed by atoms with Crippen molar-refractivity contribution in [1.82, 2.24) is 0 Å². The maximum absolute atomic E-state index is 10.7. The smallest absolute Gasteiger partial charge is 0.388 e. The normalized spacial score (nSPS) is 12.5. The lowest BCUT2D eigenvalue weighted by Crippen LogP contribution is -2.01. The molecule has 0 aromatic carbocycles. The van der Waals surface area contributed by atoms with Gasteiger partial charge in [-0.3, -0.25) is 4.57 Å². The molecular weight excluding hydrogens is 190 g/mol. The Kier molecular flexibility index (Phi) is 6.62. The zero-order valence-electron chi connectivity index (χ0n) is 6.13. The quantitative estimate of drug-likeness (QED) is 0.502. The highest BCUT2D eigenvalue weighted by Crippen LogP contribution is 2.24. The van der Waals surface area contributed by atoms with Crippen LogP contribution in [0.1, 0.15) is 6.92 Å². The Balaban J connectivity index is 3.56. The predicted molar refractivity (Wildman–Crippen MR) is 42.7 cm³/mol. The van der Waals surface area contributed by atoms with E-state index < -0.39 is 13.7 Å². The molecule has 0 rings (SSSR count). The number of halogens is 1. The summed E-state index contributed by atoms with van der Waals surface area (Å²) >= 11 is 5.22. The first-order chi connectivity index (χ1) is 5.22. The van der Waals surface area contributed by atoms with Crippen molar-refractivity contribution in [3.63, 3.8) is 0 Å². The first kappa shape index (κ1) is 11.0. The van der Waals surface area contributed by atoms with Gasteiger partial charge < -0.3 is 9.26 Å². The molecule has 0 fully saturated rings. The van der Waals surface area contributed by atoms with Crippen molar-refractivity contribution in [1.29, 1.82) is 0 Å². The Bertz CT molecular complexity index is 149. The van der Waals surface area contributed by atoms with Crippen LogP contribution in [-0.2, 0) is 13.8 Å². The third-order valence-corrected chi connectivity index (χ3v) is 1.94. The lowest BCUT2D eigenvalue weighted by atomic mass is 10.9. The Hall–Kier alpha value is -0.0500. The van der Waals surface area contributed by atoms with E-state index in [2.05, 4.69) is 9.26 Å². The topological polar surface area (TPSA) is 52.6 Å². The van der Waals surface area contributed by atoms with E-state index >= 15 is 0 Å². The number of hydrogen-bond acceptors (Lipinski definition) is 4. The van der Waals surface area contributed by atoms with E-state index in [-0.39, 0.29) is 19.1 Å². The van der Waals surface area contributed by atoms with Crippen molar-refractivity contribution >= 4 is 25.3 Å². The minimum absolute atomic E-state index is 0.0733. The first-order valence-corrected chi connectivity index (χ1v) is 4.97. The molecule has 11 heavy (non-hydrogen) atoms. The second-order valence-electron chi connectivity index (χ2n) is 1.55. The standard InChI is InChI=1S/C5H10ClO4P/c1-2-10-11(8)5(7)9-4-3-6/h11H,2-4H2,1H3. The number of carbonyl (C=O) groups is 1. The molecule has 1 unspecified atom stereocenters. The summed E-state index contributed by atoms with van der Waals surface area (Å²) < 4.78 is 19.7. The van der Waals surface area contributed by atoms with Gasteiger partial charge >= 0.3 is 5.71 Å². The van der Waals surface area contributed by atoms with E-state index in [4.69, 9.17) is 11.6 Å². The molecule has 4 nitrogen and oxygen atoms in total. The van der Waals surface area contributed by atoms with Gasteiger partial charge in [-0.2, -0.15) is 0 Å². The number of rotatable bonds is 5. The average molecular weight is 201 g/mol. The number of carbonyl (C=O) groups excluding carboxylic acids is 1. The fraction of sp³-hybridized carbons (Fsp3) is 0.800. The highest BCUT2D eigenvalue weighted by Gasteiger charge is 2.11. The second-order valence-corrected chi connectivity index (χ2v) is 3.20. The van der Waals surface area contributed by atoms with Gasteiger partial charge in [0.25, 0.3) is 8.03 Å². The third-order valence-electron chi connectivity index (χ3n) is 0.752. The number of alkyl halides is 1. The first-order valence-electron chi connectivity index (χ1n) is 3.12. The van der Waals surface area contributed by atoms with Crippen LogP contribution in [0.3, 0.4) is 0 Å². The van der Waals surface area contributed by atoms with Gasteiger partial charge in [-0.15, -0.1) is 11.6 Å². The van der Waals surface area contributed by atoms with Gasteiger partial charge in [0, 0.05) is 0 Å². The summed E-state index contributed by atoms with van der Waals surface area (Å²) in [4.78, 5) is 10.6. The molecule has 0 aliphatic heterocycles. The van der Waals surface area contributed by atoms with E-state index in [0.717, 1.165) is 0 Å². The number of hydrogen-bond donors (Lipinski definition) is 0. The maximum atomic E-state index is 10.7. The van der Waals surface area contributed by atoms with E-state index in [1.807, 2.05) is 0 Å². The van der Waals surface area contributed by atoms with Crippen LogP contribution >= 0.6 is 19.6 Å². The largest absolute Gasteiger partial charge is 0.457 e. The molecule has 66 valence electrons. The molecule has 0 heterocycles. The lowest BCUT2D eigenvalue weighted by Gasteiger charge is -2.01. The minimum Gasteiger partial charge on any atom is -0.457 e. The fourth-order valence-corrected chi connectivity index (χ4v) is 1.06. The van der Waals surface area contributed by atoms with Crippen LogP contribution in [-0.4, -0.2) is 24.8 Å². The van der Waals surface area contributed by atoms with Gasteiger partial charge in [0.15, 0.2) is 0 Å². The highest BCUT2D eigenvalue weighted by molar-refractivity contribution is 7.58. The van der Waals surface area contributed by atoms with Crippen LogP contribution in [0.5, 0.6) is 0 Å². The van der Waals surface area contributed by atoms with Crippen molar-refractivity contribution in [2.75, 3.05) is 19.1 Å². The Morgan fingerprint density at radius 3 is 2.73 bits per heavy atom. The molecule has 0 radical (unpaired) electrons. The minimum atomic E-state index is -2.66. The third kappa shape index (κ3) is 5.24. The summed E-state index contributed by atoms with van der Waals surface area (Å²) in [6.07, 6.45) is 0. The zero-order valence-corrected chi connectivity index (χ0v) is 7.89. The zero-order chi connectivity index (χ0) is 8.69. The van der Waals surface area contributed by atoms with Gasteiger partial charge in [0.2, 0.25) is 0 Å². The highest BCUT2D eigenvalue weighted by atomic mass is 35.5. The molecule has 0 aliphatic rings. The van der Waals surface area contributed by atoms with E-state index in [0.29, 0.717) is 0 Å². The average Bonchev–Trinajstić information content (AvgIpc) is 2.00. The summed E-state index contributed by atoms with van der Waals surface area (Å²) in [6.45, 7) is 1.97. The van der Waals surface area contributed by atoms with Crippen LogP contribution < -0.4 is 0 Å². The molecule has 0 aromatic rings. The number of ether oxygens (including phenoxy) is 1. The molecule has 1 atom stereocenters. The van der Waals surface area contributed by atoms with E-state index in [1.165, 1.54) is 0 Å². The molecule has 0 saturated heterocycles. The van der Waals surface area contributed by atoms with Crippen LogP contribution in [0.4, 0.5) is 4.79 Å². The van der Waals surface area contributed by atoms with Crippen molar-refractivity contribution in [2.45, 2.75) is 6.92 Å². The fourth-order valence-electron chi connectivity index (χ4n) is 0.380. The predicted octanol–water partition coefficient (Wildman–Crippen LogP) is 1.87. The summed E-state index contributed by atoms with van der Waals surface area (Å²) in [6, 6.07) is 0. The van der Waals surface area contributed by atoms with Gasteiger partial charge in [0.1, 0.15) is 6.61 Å². The monoisotopic (exact) mass is 200 g/mol. The van der Waals surface area contributed by atoms with Gasteiger partial charge in [-0.25, -0.2) is 4.79 Å². The Morgan fingerprint density at radius 2 is 2.27 bits per heavy atom. The van der Waals surface area contributed by atoms with Crippen molar-refractivity contribution in [3.8, 4) is 0 Å². The molecule has 6 heteroatoms. The Morgan fingerprint density at radius 1 is 1.64 bits per heavy atom.